The van der Waals surface area contributed by atoms with Gasteiger partial charge in [0.25, 0.3) is 0 Å². The van der Waals surface area contributed by atoms with Crippen LogP contribution >= 0.6 is 12.4 Å². The van der Waals surface area contributed by atoms with Crippen molar-refractivity contribution in [2.24, 2.45) is 0 Å². The highest BCUT2D eigenvalue weighted by Gasteiger charge is 2.24. The van der Waals surface area contributed by atoms with Crippen LogP contribution in [0.5, 0.6) is 5.75 Å². The van der Waals surface area contributed by atoms with Gasteiger partial charge in [-0.25, -0.2) is 13.1 Å². The van der Waals surface area contributed by atoms with Gasteiger partial charge in [0.2, 0.25) is 10.0 Å². The quantitative estimate of drug-likeness (QED) is 0.881. The maximum Gasteiger partial charge on any atom is 0.240 e. The molecule has 2 N–H and O–H groups in total. The van der Waals surface area contributed by atoms with Crippen LogP contribution in [0.3, 0.4) is 0 Å². The molecule has 0 saturated carbocycles. The van der Waals surface area contributed by atoms with Gasteiger partial charge in [-0.1, -0.05) is 0 Å². The Hall–Kier alpha value is -0.820. The van der Waals surface area contributed by atoms with E-state index in [0.29, 0.717) is 16.7 Å². The molecule has 7 heteroatoms. The lowest BCUT2D eigenvalue weighted by molar-refractivity contribution is 0.361. The fraction of sp³-hybridized carbons (Fsp3) is 0.571. The third kappa shape index (κ3) is 4.57. The number of halogens is 1. The van der Waals surface area contributed by atoms with Crippen LogP contribution in [0.25, 0.3) is 0 Å². The summed E-state index contributed by atoms with van der Waals surface area (Å²) in [6.45, 7) is 4.75. The highest BCUT2D eigenvalue weighted by molar-refractivity contribution is 7.89. The van der Waals surface area contributed by atoms with Gasteiger partial charge >= 0.3 is 0 Å². The summed E-state index contributed by atoms with van der Waals surface area (Å²) in [6.07, 6.45) is 1.63. The minimum Gasteiger partial charge on any atom is -0.496 e. The van der Waals surface area contributed by atoms with E-state index in [9.17, 15) is 8.42 Å². The minimum absolute atomic E-state index is 0. The van der Waals surface area contributed by atoms with Crippen LogP contribution < -0.4 is 14.8 Å². The Labute approximate surface area is 132 Å². The van der Waals surface area contributed by atoms with Crippen molar-refractivity contribution < 1.29 is 13.2 Å². The van der Waals surface area contributed by atoms with Crippen molar-refractivity contribution in [2.45, 2.75) is 43.7 Å². The van der Waals surface area contributed by atoms with Crippen molar-refractivity contribution in [1.29, 1.82) is 0 Å². The van der Waals surface area contributed by atoms with Crippen molar-refractivity contribution in [3.63, 3.8) is 0 Å². The van der Waals surface area contributed by atoms with E-state index < -0.39 is 10.0 Å². The largest absolute Gasteiger partial charge is 0.496 e. The highest BCUT2D eigenvalue weighted by Crippen LogP contribution is 2.22. The molecule has 2 atom stereocenters. The first-order chi connectivity index (χ1) is 9.42. The Bertz CT molecular complexity index is 578. The molecule has 1 fully saturated rings. The zero-order valence-corrected chi connectivity index (χ0v) is 14.2. The molecule has 1 aromatic carbocycles. The fourth-order valence-electron chi connectivity index (χ4n) is 2.54. The van der Waals surface area contributed by atoms with Gasteiger partial charge in [-0.05, 0) is 57.0 Å². The molecule has 1 saturated heterocycles. The normalized spacial score (nSPS) is 22.4. The number of hydrogen-bond donors (Lipinski definition) is 2. The molecule has 120 valence electrons. The van der Waals surface area contributed by atoms with E-state index in [-0.39, 0.29) is 18.4 Å². The zero-order valence-electron chi connectivity index (χ0n) is 12.5. The summed E-state index contributed by atoms with van der Waals surface area (Å²) >= 11 is 0. The van der Waals surface area contributed by atoms with Crippen LogP contribution in [0.1, 0.15) is 25.3 Å². The van der Waals surface area contributed by atoms with Crippen molar-refractivity contribution in [3.05, 3.63) is 23.8 Å². The third-order valence-corrected chi connectivity index (χ3v) is 5.14. The molecule has 2 rings (SSSR count). The summed E-state index contributed by atoms with van der Waals surface area (Å²) in [5, 5.41) is 3.31. The lowest BCUT2D eigenvalue weighted by Crippen LogP contribution is -2.46. The van der Waals surface area contributed by atoms with Crippen LogP contribution in [0.4, 0.5) is 0 Å². The maximum atomic E-state index is 12.4. The van der Waals surface area contributed by atoms with Crippen LogP contribution in [0, 0.1) is 6.92 Å². The Morgan fingerprint density at radius 1 is 1.38 bits per heavy atom. The molecule has 1 heterocycles. The molecule has 1 aliphatic rings. The third-order valence-electron chi connectivity index (χ3n) is 3.62. The average molecular weight is 335 g/mol. The SMILES string of the molecule is COc1ccc(S(=O)(=O)NC2CCNC(C)C2)cc1C.Cl. The number of piperidine rings is 1. The first-order valence-corrected chi connectivity index (χ1v) is 8.31. The van der Waals surface area contributed by atoms with Crippen LogP contribution in [0.2, 0.25) is 0 Å². The van der Waals surface area contributed by atoms with E-state index in [0.717, 1.165) is 24.9 Å². The number of ether oxygens (including phenoxy) is 1. The van der Waals surface area contributed by atoms with Gasteiger partial charge in [0.05, 0.1) is 12.0 Å². The number of rotatable bonds is 4. The molecule has 2 unspecified atom stereocenters. The Morgan fingerprint density at radius 2 is 2.10 bits per heavy atom. The molecule has 0 aliphatic carbocycles. The Morgan fingerprint density at radius 3 is 2.67 bits per heavy atom. The molecule has 1 aromatic rings. The molecular formula is C14H23ClN2O3S. The van der Waals surface area contributed by atoms with E-state index in [2.05, 4.69) is 17.0 Å². The maximum absolute atomic E-state index is 12.4. The van der Waals surface area contributed by atoms with Gasteiger partial charge in [-0.2, -0.15) is 0 Å². The monoisotopic (exact) mass is 334 g/mol. The zero-order chi connectivity index (χ0) is 14.8. The molecule has 1 aliphatic heterocycles. The number of sulfonamides is 1. The van der Waals surface area contributed by atoms with Crippen LogP contribution in [-0.2, 0) is 10.0 Å². The lowest BCUT2D eigenvalue weighted by Gasteiger charge is -2.28. The second-order valence-electron chi connectivity index (χ2n) is 5.33. The predicted octanol–water partition coefficient (Wildman–Crippen LogP) is 1.84. The molecule has 0 bridgehead atoms. The topological polar surface area (TPSA) is 67.4 Å². The summed E-state index contributed by atoms with van der Waals surface area (Å²) in [4.78, 5) is 0.294. The van der Waals surface area contributed by atoms with Gasteiger partial charge in [0.15, 0.2) is 0 Å². The van der Waals surface area contributed by atoms with Crippen molar-refractivity contribution >= 4 is 22.4 Å². The van der Waals surface area contributed by atoms with Crippen LogP contribution in [-0.4, -0.2) is 34.2 Å². The van der Waals surface area contributed by atoms with Gasteiger partial charge in [-0.3, -0.25) is 0 Å². The number of aryl methyl sites for hydroxylation is 1. The fourth-order valence-corrected chi connectivity index (χ4v) is 3.91. The summed E-state index contributed by atoms with van der Waals surface area (Å²) < 4.78 is 32.7. The van der Waals surface area contributed by atoms with Gasteiger partial charge < -0.3 is 10.1 Å². The number of hydrogen-bond acceptors (Lipinski definition) is 4. The van der Waals surface area contributed by atoms with Crippen LogP contribution in [0.15, 0.2) is 23.1 Å². The van der Waals surface area contributed by atoms with Gasteiger partial charge in [0.1, 0.15) is 5.75 Å². The van der Waals surface area contributed by atoms with Crippen molar-refractivity contribution in [2.75, 3.05) is 13.7 Å². The predicted molar refractivity (Wildman–Crippen MR) is 85.8 cm³/mol. The molecular weight excluding hydrogens is 312 g/mol. The number of benzene rings is 1. The smallest absolute Gasteiger partial charge is 0.240 e. The van der Waals surface area contributed by atoms with Crippen molar-refractivity contribution in [3.8, 4) is 5.75 Å². The number of nitrogens with one attached hydrogen (secondary N) is 2. The van der Waals surface area contributed by atoms with E-state index >= 15 is 0 Å². The Balaban J connectivity index is 0.00000220. The molecule has 21 heavy (non-hydrogen) atoms. The summed E-state index contributed by atoms with van der Waals surface area (Å²) in [6, 6.07) is 5.26. The first-order valence-electron chi connectivity index (χ1n) is 6.82. The van der Waals surface area contributed by atoms with E-state index in [1.165, 1.54) is 0 Å². The lowest BCUT2D eigenvalue weighted by atomic mass is 10.0. The molecule has 5 nitrogen and oxygen atoms in total. The van der Waals surface area contributed by atoms with E-state index in [1.807, 2.05) is 6.92 Å². The highest BCUT2D eigenvalue weighted by atomic mass is 35.5. The second kappa shape index (κ2) is 7.45. The molecule has 0 spiro atoms. The summed E-state index contributed by atoms with van der Waals surface area (Å²) in [7, 11) is -1.89. The van der Waals surface area contributed by atoms with E-state index in [1.54, 1.807) is 25.3 Å². The van der Waals surface area contributed by atoms with Gasteiger partial charge in [0, 0.05) is 12.1 Å². The Kier molecular flexibility index (Phi) is 6.46. The summed E-state index contributed by atoms with van der Waals surface area (Å²) in [5.41, 5.74) is 0.814. The van der Waals surface area contributed by atoms with Crippen molar-refractivity contribution in [1.82, 2.24) is 10.0 Å². The molecule has 0 radical (unpaired) electrons. The average Bonchev–Trinajstić information content (AvgIpc) is 2.38. The minimum atomic E-state index is -3.46. The second-order valence-corrected chi connectivity index (χ2v) is 7.04. The van der Waals surface area contributed by atoms with E-state index in [4.69, 9.17) is 4.74 Å². The molecule has 0 aromatic heterocycles. The summed E-state index contributed by atoms with van der Waals surface area (Å²) in [5.74, 6) is 0.694. The number of methoxy groups -OCH3 is 1. The van der Waals surface area contributed by atoms with Gasteiger partial charge in [-0.15, -0.1) is 12.4 Å². The first kappa shape index (κ1) is 18.2. The molecule has 0 amide bonds. The standard InChI is InChI=1S/C14H22N2O3S.ClH/c1-10-8-13(4-5-14(10)19-3)20(17,18)16-12-6-7-15-11(2)9-12;/h4-5,8,11-12,15-16H,6-7,9H2,1-3H3;1H.